The smallest absolute Gasteiger partial charge is 0.215 e. The predicted octanol–water partition coefficient (Wildman–Crippen LogP) is 2.62. The van der Waals surface area contributed by atoms with Crippen LogP contribution in [-0.4, -0.2) is 32.9 Å². The monoisotopic (exact) mass is 331 g/mol. The second kappa shape index (κ2) is 7.09. The van der Waals surface area contributed by atoms with Gasteiger partial charge < -0.3 is 4.74 Å². The molecule has 21 heavy (non-hydrogen) atoms. The second-order valence-electron chi connectivity index (χ2n) is 5.81. The highest BCUT2D eigenvalue weighted by atomic mass is 35.5. The first-order valence-electron chi connectivity index (χ1n) is 7.22. The molecule has 0 saturated carbocycles. The fraction of sp³-hybridized carbons (Fsp3) is 0.600. The van der Waals surface area contributed by atoms with Gasteiger partial charge >= 0.3 is 0 Å². The van der Waals surface area contributed by atoms with Crippen LogP contribution in [0.1, 0.15) is 25.8 Å². The molecule has 0 spiro atoms. The SMILES string of the molecule is CC(C)NS(=O)(=O)[C@@H]1CCOC[C@H]1Cc1ccc(Cl)cc1. The Balaban J connectivity index is 2.13. The molecule has 1 heterocycles. The number of hydrogen-bond donors (Lipinski definition) is 1. The Morgan fingerprint density at radius 3 is 2.62 bits per heavy atom. The van der Waals surface area contributed by atoms with Crippen molar-refractivity contribution in [1.82, 2.24) is 4.72 Å². The van der Waals surface area contributed by atoms with Crippen LogP contribution in [0.15, 0.2) is 24.3 Å². The van der Waals surface area contributed by atoms with Gasteiger partial charge in [0.05, 0.1) is 11.9 Å². The topological polar surface area (TPSA) is 55.4 Å². The summed E-state index contributed by atoms with van der Waals surface area (Å²) in [6.07, 6.45) is 1.22. The lowest BCUT2D eigenvalue weighted by molar-refractivity contribution is 0.0569. The van der Waals surface area contributed by atoms with E-state index in [4.69, 9.17) is 16.3 Å². The van der Waals surface area contributed by atoms with Crippen molar-refractivity contribution in [1.29, 1.82) is 0 Å². The van der Waals surface area contributed by atoms with Crippen molar-refractivity contribution in [2.24, 2.45) is 5.92 Å². The number of halogens is 1. The van der Waals surface area contributed by atoms with Crippen LogP contribution >= 0.6 is 11.6 Å². The molecule has 2 rings (SSSR count). The molecule has 1 aliphatic rings. The number of nitrogens with one attached hydrogen (secondary N) is 1. The van der Waals surface area contributed by atoms with E-state index in [-0.39, 0.29) is 12.0 Å². The van der Waals surface area contributed by atoms with E-state index in [9.17, 15) is 8.42 Å². The van der Waals surface area contributed by atoms with Gasteiger partial charge in [-0.05, 0) is 44.4 Å². The number of sulfonamides is 1. The molecule has 0 amide bonds. The third-order valence-electron chi connectivity index (χ3n) is 3.61. The fourth-order valence-corrected chi connectivity index (χ4v) is 4.76. The Morgan fingerprint density at radius 2 is 2.00 bits per heavy atom. The largest absolute Gasteiger partial charge is 0.381 e. The first-order valence-corrected chi connectivity index (χ1v) is 9.14. The van der Waals surface area contributed by atoms with E-state index in [0.29, 0.717) is 31.1 Å². The van der Waals surface area contributed by atoms with Crippen molar-refractivity contribution in [3.8, 4) is 0 Å². The molecular formula is C15H22ClNO3S. The van der Waals surface area contributed by atoms with Crippen LogP contribution in [0, 0.1) is 5.92 Å². The Bertz CT molecular complexity index is 557. The zero-order valence-electron chi connectivity index (χ0n) is 12.4. The Morgan fingerprint density at radius 1 is 1.33 bits per heavy atom. The van der Waals surface area contributed by atoms with Crippen molar-refractivity contribution in [2.45, 2.75) is 38.0 Å². The second-order valence-corrected chi connectivity index (χ2v) is 8.18. The predicted molar refractivity (Wildman–Crippen MR) is 85.1 cm³/mol. The minimum atomic E-state index is -3.32. The average molecular weight is 332 g/mol. The maximum Gasteiger partial charge on any atom is 0.215 e. The Kier molecular flexibility index (Phi) is 5.66. The summed E-state index contributed by atoms with van der Waals surface area (Å²) >= 11 is 5.88. The summed E-state index contributed by atoms with van der Waals surface area (Å²) in [4.78, 5) is 0. The van der Waals surface area contributed by atoms with Crippen molar-refractivity contribution < 1.29 is 13.2 Å². The van der Waals surface area contributed by atoms with Gasteiger partial charge in [-0.2, -0.15) is 0 Å². The lowest BCUT2D eigenvalue weighted by atomic mass is 9.94. The lowest BCUT2D eigenvalue weighted by Crippen LogP contribution is -2.46. The maximum absolute atomic E-state index is 12.5. The summed E-state index contributed by atoms with van der Waals surface area (Å²) in [5.41, 5.74) is 1.08. The van der Waals surface area contributed by atoms with Gasteiger partial charge in [-0.15, -0.1) is 0 Å². The number of benzene rings is 1. The van der Waals surface area contributed by atoms with Gasteiger partial charge in [-0.25, -0.2) is 13.1 Å². The summed E-state index contributed by atoms with van der Waals surface area (Å²) in [5.74, 6) is -0.0313. The molecule has 118 valence electrons. The van der Waals surface area contributed by atoms with Gasteiger partial charge in [0.25, 0.3) is 0 Å². The zero-order valence-corrected chi connectivity index (χ0v) is 14.0. The third-order valence-corrected chi connectivity index (χ3v) is 6.08. The third kappa shape index (κ3) is 4.68. The van der Waals surface area contributed by atoms with Crippen LogP contribution < -0.4 is 4.72 Å². The van der Waals surface area contributed by atoms with E-state index < -0.39 is 15.3 Å². The highest BCUT2D eigenvalue weighted by molar-refractivity contribution is 7.90. The van der Waals surface area contributed by atoms with E-state index in [1.54, 1.807) is 0 Å². The highest BCUT2D eigenvalue weighted by Crippen LogP contribution is 2.26. The number of ether oxygens (including phenoxy) is 1. The molecule has 1 fully saturated rings. The molecule has 0 bridgehead atoms. The van der Waals surface area contributed by atoms with E-state index in [1.807, 2.05) is 38.1 Å². The summed E-state index contributed by atoms with van der Waals surface area (Å²) < 4.78 is 33.1. The van der Waals surface area contributed by atoms with E-state index >= 15 is 0 Å². The standard InChI is InChI=1S/C15H22ClNO3S/c1-11(2)17-21(18,19)15-7-8-20-10-13(15)9-12-3-5-14(16)6-4-12/h3-6,11,13,15,17H,7-10H2,1-2H3/t13-,15-/m1/s1. The van der Waals surface area contributed by atoms with Crippen molar-refractivity contribution in [3.05, 3.63) is 34.9 Å². The molecule has 1 saturated heterocycles. The summed E-state index contributed by atoms with van der Waals surface area (Å²) in [6.45, 7) is 4.66. The molecule has 0 aliphatic carbocycles. The van der Waals surface area contributed by atoms with E-state index in [1.165, 1.54) is 0 Å². The molecular weight excluding hydrogens is 310 g/mol. The molecule has 6 heteroatoms. The molecule has 1 aromatic rings. The van der Waals surface area contributed by atoms with Crippen molar-refractivity contribution >= 4 is 21.6 Å². The molecule has 1 aliphatic heterocycles. The normalized spacial score (nSPS) is 23.4. The van der Waals surface area contributed by atoms with Crippen molar-refractivity contribution in [3.63, 3.8) is 0 Å². The Labute approximate surface area is 131 Å². The molecule has 0 radical (unpaired) electrons. The number of rotatable bonds is 5. The summed E-state index contributed by atoms with van der Waals surface area (Å²) in [6, 6.07) is 7.45. The summed E-state index contributed by atoms with van der Waals surface area (Å²) in [7, 11) is -3.32. The van der Waals surface area contributed by atoms with Crippen LogP contribution in [0.2, 0.25) is 5.02 Å². The molecule has 0 unspecified atom stereocenters. The van der Waals surface area contributed by atoms with Crippen LogP contribution in [0.3, 0.4) is 0 Å². The van der Waals surface area contributed by atoms with Gasteiger partial charge in [0.2, 0.25) is 10.0 Å². The Hall–Kier alpha value is -0.620. The number of hydrogen-bond acceptors (Lipinski definition) is 3. The van der Waals surface area contributed by atoms with Crippen LogP contribution in [0.5, 0.6) is 0 Å². The van der Waals surface area contributed by atoms with Gasteiger partial charge in [0, 0.05) is 23.6 Å². The van der Waals surface area contributed by atoms with Gasteiger partial charge in [-0.1, -0.05) is 23.7 Å². The quantitative estimate of drug-likeness (QED) is 0.902. The maximum atomic E-state index is 12.5. The van der Waals surface area contributed by atoms with Gasteiger partial charge in [0.1, 0.15) is 0 Å². The van der Waals surface area contributed by atoms with Crippen LogP contribution in [0.4, 0.5) is 0 Å². The van der Waals surface area contributed by atoms with Crippen molar-refractivity contribution in [2.75, 3.05) is 13.2 Å². The van der Waals surface area contributed by atoms with Gasteiger partial charge in [-0.3, -0.25) is 0 Å². The minimum absolute atomic E-state index is 0.0313. The lowest BCUT2D eigenvalue weighted by Gasteiger charge is -2.32. The first-order chi connectivity index (χ1) is 9.88. The van der Waals surface area contributed by atoms with Crippen LogP contribution in [0.25, 0.3) is 0 Å². The molecule has 0 aromatic heterocycles. The molecule has 1 N–H and O–H groups in total. The first kappa shape index (κ1) is 16.7. The molecule has 1 aromatic carbocycles. The molecule has 4 nitrogen and oxygen atoms in total. The van der Waals surface area contributed by atoms with Crippen LogP contribution in [-0.2, 0) is 21.2 Å². The zero-order chi connectivity index (χ0) is 15.5. The van der Waals surface area contributed by atoms with E-state index in [2.05, 4.69) is 4.72 Å². The highest BCUT2D eigenvalue weighted by Gasteiger charge is 2.36. The minimum Gasteiger partial charge on any atom is -0.381 e. The van der Waals surface area contributed by atoms with Gasteiger partial charge in [0.15, 0.2) is 0 Å². The average Bonchev–Trinajstić information content (AvgIpc) is 2.40. The van der Waals surface area contributed by atoms with E-state index in [0.717, 1.165) is 5.56 Å². The summed E-state index contributed by atoms with van der Waals surface area (Å²) in [5, 5.41) is 0.286. The fourth-order valence-electron chi connectivity index (χ4n) is 2.72. The molecule has 2 atom stereocenters.